The van der Waals surface area contributed by atoms with E-state index in [1.54, 1.807) is 30.0 Å². The normalized spacial score (nSPS) is 12.4. The Balaban J connectivity index is 2.14. The van der Waals surface area contributed by atoms with Crippen LogP contribution in [0.2, 0.25) is 10.0 Å². The summed E-state index contributed by atoms with van der Waals surface area (Å²) < 4.78 is 0. The number of carbonyl (C=O) groups excluding carboxylic acids is 2. The largest absolute Gasteiger partial charge is 0.350 e. The summed E-state index contributed by atoms with van der Waals surface area (Å²) in [6, 6.07) is 12.8. The van der Waals surface area contributed by atoms with Crippen molar-refractivity contribution in [3.05, 3.63) is 69.2 Å². The second-order valence-electron chi connectivity index (χ2n) is 8.65. The molecule has 0 fully saturated rings. The van der Waals surface area contributed by atoms with Crippen LogP contribution < -0.4 is 5.32 Å². The Morgan fingerprint density at radius 2 is 1.84 bits per heavy atom. The zero-order valence-corrected chi connectivity index (χ0v) is 21.0. The summed E-state index contributed by atoms with van der Waals surface area (Å²) in [6.45, 7) is 9.77. The average molecular weight is 481 g/mol. The molecule has 1 N–H and O–H groups in total. The van der Waals surface area contributed by atoms with Crippen LogP contribution >= 0.6 is 35.0 Å². The van der Waals surface area contributed by atoms with E-state index in [0.29, 0.717) is 10.0 Å². The Labute approximate surface area is 199 Å². The molecule has 2 amide bonds. The van der Waals surface area contributed by atoms with Gasteiger partial charge in [-0.1, -0.05) is 59.1 Å². The molecule has 0 aliphatic rings. The van der Waals surface area contributed by atoms with E-state index in [0.717, 1.165) is 11.3 Å². The van der Waals surface area contributed by atoms with Crippen molar-refractivity contribution >= 4 is 46.8 Å². The fourth-order valence-corrected chi connectivity index (χ4v) is 4.36. The van der Waals surface area contributed by atoms with Crippen molar-refractivity contribution in [2.45, 2.75) is 58.5 Å². The second-order valence-corrected chi connectivity index (χ2v) is 10.5. The topological polar surface area (TPSA) is 49.4 Å². The number of amides is 2. The number of thioether (sulfide) groups is 1. The predicted octanol–water partition coefficient (Wildman–Crippen LogP) is 5.87. The maximum absolute atomic E-state index is 13.2. The summed E-state index contributed by atoms with van der Waals surface area (Å²) in [4.78, 5) is 27.5. The van der Waals surface area contributed by atoms with E-state index >= 15 is 0 Å². The average Bonchev–Trinajstić information content (AvgIpc) is 2.65. The zero-order valence-electron chi connectivity index (χ0n) is 18.7. The van der Waals surface area contributed by atoms with Crippen LogP contribution in [0.25, 0.3) is 0 Å². The minimum absolute atomic E-state index is 0.111. The highest BCUT2D eigenvalue weighted by Gasteiger charge is 2.28. The molecule has 168 valence electrons. The van der Waals surface area contributed by atoms with Crippen molar-refractivity contribution in [3.63, 3.8) is 0 Å². The molecule has 4 nitrogen and oxygen atoms in total. The zero-order chi connectivity index (χ0) is 23.2. The fourth-order valence-electron chi connectivity index (χ4n) is 3.03. The molecule has 0 radical (unpaired) electrons. The molecule has 0 saturated carbocycles. The smallest absolute Gasteiger partial charge is 0.242 e. The molecule has 0 aliphatic carbocycles. The van der Waals surface area contributed by atoms with Gasteiger partial charge in [0.05, 0.1) is 5.75 Å². The first-order chi connectivity index (χ1) is 14.5. The predicted molar refractivity (Wildman–Crippen MR) is 132 cm³/mol. The summed E-state index contributed by atoms with van der Waals surface area (Å²) in [5.74, 6) is 0.688. The third-order valence-electron chi connectivity index (χ3n) is 4.60. The lowest BCUT2D eigenvalue weighted by molar-refractivity contribution is -0.139. The summed E-state index contributed by atoms with van der Waals surface area (Å²) in [6.07, 6.45) is 0. The minimum atomic E-state index is -0.641. The van der Waals surface area contributed by atoms with Gasteiger partial charge >= 0.3 is 0 Å². The van der Waals surface area contributed by atoms with Gasteiger partial charge in [0.15, 0.2) is 0 Å². The molecule has 2 aromatic rings. The SMILES string of the molecule is Cc1cccc(CSCC(=O)N(Cc2ccc(Cl)cc2Cl)C(C)C(=O)NC(C)(C)C)c1. The van der Waals surface area contributed by atoms with Crippen LogP contribution in [-0.4, -0.2) is 34.0 Å². The number of hydrogen-bond acceptors (Lipinski definition) is 3. The molecule has 2 rings (SSSR count). The molecule has 1 atom stereocenters. The van der Waals surface area contributed by atoms with Gasteiger partial charge in [0.2, 0.25) is 11.8 Å². The van der Waals surface area contributed by atoms with Gasteiger partial charge in [-0.05, 0) is 57.9 Å². The highest BCUT2D eigenvalue weighted by Crippen LogP contribution is 2.24. The van der Waals surface area contributed by atoms with Gasteiger partial charge in [0.25, 0.3) is 0 Å². The van der Waals surface area contributed by atoms with Crippen molar-refractivity contribution in [1.29, 1.82) is 0 Å². The number of halogens is 2. The van der Waals surface area contributed by atoms with Crippen LogP contribution in [0.15, 0.2) is 42.5 Å². The van der Waals surface area contributed by atoms with Crippen molar-refractivity contribution < 1.29 is 9.59 Å². The summed E-state index contributed by atoms with van der Waals surface area (Å²) in [5.41, 5.74) is 2.72. The van der Waals surface area contributed by atoms with Crippen LogP contribution in [0.3, 0.4) is 0 Å². The van der Waals surface area contributed by atoms with Crippen LogP contribution in [0, 0.1) is 6.92 Å². The van der Waals surface area contributed by atoms with Gasteiger partial charge in [0, 0.05) is 27.9 Å². The van der Waals surface area contributed by atoms with Gasteiger partial charge in [-0.15, -0.1) is 11.8 Å². The standard InChI is InChI=1S/C24H30Cl2N2O2S/c1-16-7-6-8-18(11-16)14-31-15-22(29)28(17(2)23(30)27-24(3,4)5)13-19-9-10-20(25)12-21(19)26/h6-12,17H,13-15H2,1-5H3,(H,27,30). The molecular weight excluding hydrogens is 451 g/mol. The molecule has 0 spiro atoms. The number of aryl methyl sites for hydroxylation is 1. The molecule has 0 aliphatic heterocycles. The lowest BCUT2D eigenvalue weighted by Crippen LogP contribution is -2.52. The first kappa shape index (κ1) is 25.6. The molecule has 7 heteroatoms. The lowest BCUT2D eigenvalue weighted by Gasteiger charge is -2.31. The Morgan fingerprint density at radius 1 is 1.13 bits per heavy atom. The third-order valence-corrected chi connectivity index (χ3v) is 6.17. The number of benzene rings is 2. The number of rotatable bonds is 8. The summed E-state index contributed by atoms with van der Waals surface area (Å²) in [5, 5.41) is 3.96. The monoisotopic (exact) mass is 480 g/mol. The number of nitrogens with one attached hydrogen (secondary N) is 1. The van der Waals surface area contributed by atoms with Crippen LogP contribution in [0.5, 0.6) is 0 Å². The van der Waals surface area contributed by atoms with Gasteiger partial charge in [0.1, 0.15) is 6.04 Å². The van der Waals surface area contributed by atoms with Crippen molar-refractivity contribution in [1.82, 2.24) is 10.2 Å². The highest BCUT2D eigenvalue weighted by atomic mass is 35.5. The lowest BCUT2D eigenvalue weighted by atomic mass is 10.1. The van der Waals surface area contributed by atoms with E-state index in [2.05, 4.69) is 17.4 Å². The van der Waals surface area contributed by atoms with Gasteiger partial charge in [-0.3, -0.25) is 9.59 Å². The molecule has 1 unspecified atom stereocenters. The first-order valence-corrected chi connectivity index (χ1v) is 12.1. The maximum Gasteiger partial charge on any atom is 0.242 e. The van der Waals surface area contributed by atoms with Crippen molar-refractivity contribution in [3.8, 4) is 0 Å². The number of hydrogen-bond donors (Lipinski definition) is 1. The third kappa shape index (κ3) is 8.40. The molecule has 0 aromatic heterocycles. The van der Waals surface area contributed by atoms with Gasteiger partial charge in [-0.2, -0.15) is 0 Å². The highest BCUT2D eigenvalue weighted by molar-refractivity contribution is 7.99. The van der Waals surface area contributed by atoms with Gasteiger partial charge < -0.3 is 10.2 Å². The quantitative estimate of drug-likeness (QED) is 0.513. The molecule has 0 heterocycles. The van der Waals surface area contributed by atoms with E-state index < -0.39 is 11.6 Å². The van der Waals surface area contributed by atoms with Gasteiger partial charge in [-0.25, -0.2) is 0 Å². The summed E-state index contributed by atoms with van der Waals surface area (Å²) >= 11 is 13.9. The maximum atomic E-state index is 13.2. The Kier molecular flexibility index (Phi) is 9.28. The van der Waals surface area contributed by atoms with E-state index in [9.17, 15) is 9.59 Å². The molecule has 2 aromatic carbocycles. The van der Waals surface area contributed by atoms with E-state index in [1.807, 2.05) is 39.8 Å². The Morgan fingerprint density at radius 3 is 2.45 bits per heavy atom. The van der Waals surface area contributed by atoms with Crippen LogP contribution in [0.4, 0.5) is 0 Å². The van der Waals surface area contributed by atoms with Crippen molar-refractivity contribution in [2.75, 3.05) is 5.75 Å². The van der Waals surface area contributed by atoms with E-state index in [-0.39, 0.29) is 24.1 Å². The van der Waals surface area contributed by atoms with E-state index in [4.69, 9.17) is 23.2 Å². The Hall–Kier alpha value is -1.69. The number of carbonyl (C=O) groups is 2. The number of nitrogens with zero attached hydrogens (tertiary/aromatic N) is 1. The van der Waals surface area contributed by atoms with Crippen LogP contribution in [-0.2, 0) is 21.9 Å². The second kappa shape index (κ2) is 11.3. The fraction of sp³-hybridized carbons (Fsp3) is 0.417. The molecular formula is C24H30Cl2N2O2S. The summed E-state index contributed by atoms with van der Waals surface area (Å²) in [7, 11) is 0. The van der Waals surface area contributed by atoms with Crippen molar-refractivity contribution in [2.24, 2.45) is 0 Å². The first-order valence-electron chi connectivity index (χ1n) is 10.1. The molecule has 0 bridgehead atoms. The minimum Gasteiger partial charge on any atom is -0.350 e. The van der Waals surface area contributed by atoms with Crippen LogP contribution in [0.1, 0.15) is 44.4 Å². The molecule has 0 saturated heterocycles. The Bertz CT molecular complexity index is 928. The molecule has 31 heavy (non-hydrogen) atoms. The van der Waals surface area contributed by atoms with E-state index in [1.165, 1.54) is 22.9 Å².